The average Bonchev–Trinajstić information content (AvgIpc) is 3.06. The van der Waals surface area contributed by atoms with Gasteiger partial charge in [0.1, 0.15) is 5.75 Å². The number of carbonyl (C=O) groups excluding carboxylic acids is 2. The molecule has 0 aromatic heterocycles. The number of nitrogens with two attached hydrogens (primary N) is 1. The van der Waals surface area contributed by atoms with Crippen LogP contribution in [0.3, 0.4) is 0 Å². The number of hydrogen-bond acceptors (Lipinski definition) is 3. The molecule has 1 aromatic rings. The highest BCUT2D eigenvalue weighted by Gasteiger charge is 2.39. The molecule has 5 nitrogen and oxygen atoms in total. The van der Waals surface area contributed by atoms with Gasteiger partial charge in [-0.15, -0.1) is 0 Å². The maximum Gasteiger partial charge on any atom is 0.226 e. The quantitative estimate of drug-likeness (QED) is 0.808. The summed E-state index contributed by atoms with van der Waals surface area (Å²) in [7, 11) is 0. The third-order valence-corrected chi connectivity index (χ3v) is 5.13. The molecule has 1 aliphatic carbocycles. The predicted molar refractivity (Wildman–Crippen MR) is 95.9 cm³/mol. The summed E-state index contributed by atoms with van der Waals surface area (Å²) >= 11 is 0. The normalized spacial score (nSPS) is 23.2. The van der Waals surface area contributed by atoms with Crippen molar-refractivity contribution >= 4 is 11.8 Å². The van der Waals surface area contributed by atoms with Gasteiger partial charge in [0.25, 0.3) is 0 Å². The number of rotatable bonds is 6. The van der Waals surface area contributed by atoms with E-state index in [2.05, 4.69) is 6.08 Å². The van der Waals surface area contributed by atoms with Gasteiger partial charge in [0.2, 0.25) is 11.8 Å². The van der Waals surface area contributed by atoms with Gasteiger partial charge in [-0.3, -0.25) is 9.59 Å². The Morgan fingerprint density at radius 2 is 1.96 bits per heavy atom. The minimum absolute atomic E-state index is 0.0537. The van der Waals surface area contributed by atoms with E-state index >= 15 is 0 Å². The second-order valence-electron chi connectivity index (χ2n) is 6.98. The topological polar surface area (TPSA) is 72.6 Å². The zero-order valence-corrected chi connectivity index (χ0v) is 14.5. The molecule has 2 aliphatic rings. The molecule has 2 atom stereocenters. The van der Waals surface area contributed by atoms with Gasteiger partial charge in [-0.1, -0.05) is 29.8 Å². The first-order valence-corrected chi connectivity index (χ1v) is 9.06. The number of likely N-dealkylation sites (tertiary alicyclic amines) is 1. The molecule has 0 bridgehead atoms. The van der Waals surface area contributed by atoms with Gasteiger partial charge in [0.15, 0.2) is 0 Å². The number of nitrogens with zero attached hydrogens (tertiary/aromatic N) is 1. The van der Waals surface area contributed by atoms with Crippen molar-refractivity contribution in [3.63, 3.8) is 0 Å². The molecule has 1 fully saturated rings. The van der Waals surface area contributed by atoms with Crippen LogP contribution in [-0.2, 0) is 9.59 Å². The van der Waals surface area contributed by atoms with E-state index in [1.54, 1.807) is 4.90 Å². The minimum atomic E-state index is -0.353. The van der Waals surface area contributed by atoms with E-state index in [-0.39, 0.29) is 23.7 Å². The highest BCUT2D eigenvalue weighted by Crippen LogP contribution is 2.27. The molecule has 134 valence electrons. The van der Waals surface area contributed by atoms with Gasteiger partial charge < -0.3 is 15.4 Å². The molecule has 0 unspecified atom stereocenters. The zero-order chi connectivity index (χ0) is 17.6. The number of benzene rings is 1. The number of carbonyl (C=O) groups is 2. The Hall–Kier alpha value is -2.30. The Kier molecular flexibility index (Phi) is 5.74. The first kappa shape index (κ1) is 17.5. The van der Waals surface area contributed by atoms with E-state index in [1.807, 2.05) is 30.3 Å². The number of ether oxygens (including phenoxy) is 1. The highest BCUT2D eigenvalue weighted by atomic mass is 16.5. The van der Waals surface area contributed by atoms with Crippen LogP contribution < -0.4 is 10.5 Å². The molecule has 25 heavy (non-hydrogen) atoms. The molecule has 2 N–H and O–H groups in total. The third-order valence-electron chi connectivity index (χ3n) is 5.13. The fourth-order valence-electron chi connectivity index (χ4n) is 3.66. The second kappa shape index (κ2) is 8.19. The summed E-state index contributed by atoms with van der Waals surface area (Å²) in [5.41, 5.74) is 6.79. The van der Waals surface area contributed by atoms with E-state index in [1.165, 1.54) is 12.0 Å². The average molecular weight is 342 g/mol. The van der Waals surface area contributed by atoms with Crippen LogP contribution in [0.4, 0.5) is 0 Å². The molecule has 1 aliphatic heterocycles. The monoisotopic (exact) mass is 342 g/mol. The van der Waals surface area contributed by atoms with E-state index in [9.17, 15) is 9.59 Å². The van der Waals surface area contributed by atoms with Gasteiger partial charge in [-0.05, 0) is 37.8 Å². The van der Waals surface area contributed by atoms with Gasteiger partial charge >= 0.3 is 0 Å². The predicted octanol–water partition coefficient (Wildman–Crippen LogP) is 2.52. The Bertz CT molecular complexity index is 642. The number of hydrogen-bond donors (Lipinski definition) is 1. The number of amides is 2. The Labute approximate surface area is 148 Å². The molecule has 0 saturated carbocycles. The van der Waals surface area contributed by atoms with Crippen molar-refractivity contribution in [2.24, 2.45) is 17.6 Å². The van der Waals surface area contributed by atoms with Gasteiger partial charge in [0, 0.05) is 25.4 Å². The Balaban J connectivity index is 1.58. The lowest BCUT2D eigenvalue weighted by atomic mass is 9.96. The van der Waals surface area contributed by atoms with Crippen LogP contribution >= 0.6 is 0 Å². The van der Waals surface area contributed by atoms with Crippen molar-refractivity contribution in [2.75, 3.05) is 19.7 Å². The first-order valence-electron chi connectivity index (χ1n) is 9.06. The lowest BCUT2D eigenvalue weighted by Gasteiger charge is -2.19. The summed E-state index contributed by atoms with van der Waals surface area (Å²) in [5, 5.41) is 0. The van der Waals surface area contributed by atoms with Gasteiger partial charge in [-0.2, -0.15) is 0 Å². The Morgan fingerprint density at radius 1 is 1.16 bits per heavy atom. The molecular weight excluding hydrogens is 316 g/mol. The van der Waals surface area contributed by atoms with Crippen molar-refractivity contribution in [2.45, 2.75) is 32.1 Å². The largest absolute Gasteiger partial charge is 0.493 e. The summed E-state index contributed by atoms with van der Waals surface area (Å²) in [6, 6.07) is 9.50. The van der Waals surface area contributed by atoms with Crippen molar-refractivity contribution in [1.29, 1.82) is 0 Å². The highest BCUT2D eigenvalue weighted by molar-refractivity contribution is 5.82. The lowest BCUT2D eigenvalue weighted by Crippen LogP contribution is -2.33. The van der Waals surface area contributed by atoms with Gasteiger partial charge in [-0.25, -0.2) is 0 Å². The molecule has 1 saturated heterocycles. The zero-order valence-electron chi connectivity index (χ0n) is 14.5. The SMILES string of the molecule is NC(=O)[C@@H]1CN(C(=O)CC2=CCCCC2)C[C@H]1COc1ccccc1. The summed E-state index contributed by atoms with van der Waals surface area (Å²) in [4.78, 5) is 26.2. The van der Waals surface area contributed by atoms with Crippen LogP contribution in [0.2, 0.25) is 0 Å². The van der Waals surface area contributed by atoms with Crippen LogP contribution in [0, 0.1) is 11.8 Å². The fourth-order valence-corrected chi connectivity index (χ4v) is 3.66. The van der Waals surface area contributed by atoms with Gasteiger partial charge in [0.05, 0.1) is 12.5 Å². The second-order valence-corrected chi connectivity index (χ2v) is 6.98. The van der Waals surface area contributed by atoms with Crippen LogP contribution in [0.5, 0.6) is 5.75 Å². The molecular formula is C20H26N2O3. The summed E-state index contributed by atoms with van der Waals surface area (Å²) in [6.07, 6.45) is 7.12. The number of para-hydroxylation sites is 1. The minimum Gasteiger partial charge on any atom is -0.493 e. The van der Waals surface area contributed by atoms with Crippen molar-refractivity contribution in [3.8, 4) is 5.75 Å². The van der Waals surface area contributed by atoms with Crippen molar-refractivity contribution in [3.05, 3.63) is 42.0 Å². The number of primary amides is 1. The molecule has 0 radical (unpaired) electrons. The van der Waals surface area contributed by atoms with Crippen LogP contribution in [0.25, 0.3) is 0 Å². The standard InChI is InChI=1S/C20H26N2O3/c21-20(24)18-13-22(19(23)11-15-7-3-1-4-8-15)12-16(18)14-25-17-9-5-2-6-10-17/h2,5-7,9-10,16,18H,1,3-4,8,11-14H2,(H2,21,24)/t16-,18+/m0/s1. The van der Waals surface area contributed by atoms with Crippen LogP contribution in [0.1, 0.15) is 32.1 Å². The molecule has 1 aromatic carbocycles. The van der Waals surface area contributed by atoms with Crippen molar-refractivity contribution < 1.29 is 14.3 Å². The van der Waals surface area contributed by atoms with Crippen LogP contribution in [-0.4, -0.2) is 36.4 Å². The van der Waals surface area contributed by atoms with E-state index in [4.69, 9.17) is 10.5 Å². The van der Waals surface area contributed by atoms with E-state index < -0.39 is 0 Å². The van der Waals surface area contributed by atoms with E-state index in [0.29, 0.717) is 26.1 Å². The summed E-state index contributed by atoms with van der Waals surface area (Å²) < 4.78 is 5.79. The Morgan fingerprint density at radius 3 is 2.64 bits per heavy atom. The first-order chi connectivity index (χ1) is 12.1. The maximum absolute atomic E-state index is 12.6. The smallest absolute Gasteiger partial charge is 0.226 e. The molecule has 0 spiro atoms. The third kappa shape index (κ3) is 4.62. The maximum atomic E-state index is 12.6. The fraction of sp³-hybridized carbons (Fsp3) is 0.500. The lowest BCUT2D eigenvalue weighted by molar-refractivity contribution is -0.129. The molecule has 2 amide bonds. The summed E-state index contributed by atoms with van der Waals surface area (Å²) in [5.74, 6) is 0.119. The summed E-state index contributed by atoms with van der Waals surface area (Å²) in [6.45, 7) is 1.33. The molecule has 3 rings (SSSR count). The molecule has 1 heterocycles. The molecule has 5 heteroatoms. The van der Waals surface area contributed by atoms with Crippen molar-refractivity contribution in [1.82, 2.24) is 4.90 Å². The number of allylic oxidation sites excluding steroid dienone is 1. The van der Waals surface area contributed by atoms with Crippen LogP contribution in [0.15, 0.2) is 42.0 Å². The van der Waals surface area contributed by atoms with E-state index in [0.717, 1.165) is 25.0 Å².